The molecule has 0 spiro atoms. The molecule has 0 aromatic carbocycles. The molecule has 0 fully saturated rings. The van der Waals surface area contributed by atoms with Crippen molar-refractivity contribution in [2.45, 2.75) is 19.4 Å². The van der Waals surface area contributed by atoms with Crippen molar-refractivity contribution in [1.82, 2.24) is 10.3 Å². The first-order valence-corrected chi connectivity index (χ1v) is 5.53. The average Bonchev–Trinajstić information content (AvgIpc) is 2.34. The molecule has 16 heavy (non-hydrogen) atoms. The van der Waals surface area contributed by atoms with Crippen LogP contribution in [0, 0.1) is 0 Å². The minimum Gasteiger partial charge on any atom is -0.492 e. The topological polar surface area (TPSA) is 43.4 Å². The van der Waals surface area contributed by atoms with Crippen LogP contribution in [0.5, 0.6) is 5.75 Å². The van der Waals surface area contributed by atoms with E-state index in [-0.39, 0.29) is 6.04 Å². The van der Waals surface area contributed by atoms with E-state index in [0.717, 1.165) is 24.5 Å². The number of hydrogen-bond acceptors (Lipinski definition) is 4. The molecule has 1 heterocycles. The maximum absolute atomic E-state index is 5.51. The van der Waals surface area contributed by atoms with Crippen molar-refractivity contribution in [3.63, 3.8) is 0 Å². The Morgan fingerprint density at radius 2 is 2.19 bits per heavy atom. The van der Waals surface area contributed by atoms with E-state index in [0.29, 0.717) is 6.61 Å². The van der Waals surface area contributed by atoms with Gasteiger partial charge in [0.25, 0.3) is 0 Å². The molecule has 0 radical (unpaired) electrons. The van der Waals surface area contributed by atoms with Crippen LogP contribution in [0.15, 0.2) is 18.3 Å². The summed E-state index contributed by atoms with van der Waals surface area (Å²) >= 11 is 0. The molecular formula is C12H20N2O2. The van der Waals surface area contributed by atoms with Crippen LogP contribution >= 0.6 is 0 Å². The Bertz CT molecular complexity index is 288. The molecule has 0 aliphatic rings. The lowest BCUT2D eigenvalue weighted by Crippen LogP contribution is -2.13. The van der Waals surface area contributed by atoms with Crippen LogP contribution in [0.1, 0.15) is 25.1 Å². The first-order chi connectivity index (χ1) is 7.77. The van der Waals surface area contributed by atoms with Gasteiger partial charge in [-0.2, -0.15) is 0 Å². The molecule has 1 atom stereocenters. The monoisotopic (exact) mass is 224 g/mol. The van der Waals surface area contributed by atoms with Crippen LogP contribution in [0.25, 0.3) is 0 Å². The summed E-state index contributed by atoms with van der Waals surface area (Å²) in [4.78, 5) is 4.33. The number of aromatic nitrogens is 1. The van der Waals surface area contributed by atoms with Gasteiger partial charge >= 0.3 is 0 Å². The summed E-state index contributed by atoms with van der Waals surface area (Å²) in [5.41, 5.74) is 1.02. The summed E-state index contributed by atoms with van der Waals surface area (Å²) in [5, 5.41) is 3.14. The molecule has 0 aliphatic carbocycles. The maximum Gasteiger partial charge on any atom is 0.137 e. The van der Waals surface area contributed by atoms with Gasteiger partial charge < -0.3 is 14.8 Å². The Labute approximate surface area is 97.0 Å². The first-order valence-electron chi connectivity index (χ1n) is 5.53. The largest absolute Gasteiger partial charge is 0.492 e. The number of rotatable bonds is 7. The van der Waals surface area contributed by atoms with E-state index in [1.165, 1.54) is 0 Å². The SMILES string of the molecule is CNC(C)c1ccc(OCCCOC)cn1. The fourth-order valence-corrected chi connectivity index (χ4v) is 1.27. The zero-order valence-electron chi connectivity index (χ0n) is 10.2. The molecule has 1 N–H and O–H groups in total. The fourth-order valence-electron chi connectivity index (χ4n) is 1.27. The molecule has 1 aromatic heterocycles. The third-order valence-electron chi connectivity index (χ3n) is 2.40. The summed E-state index contributed by atoms with van der Waals surface area (Å²) in [7, 11) is 3.61. The van der Waals surface area contributed by atoms with E-state index in [1.807, 2.05) is 19.2 Å². The summed E-state index contributed by atoms with van der Waals surface area (Å²) in [5.74, 6) is 0.808. The molecule has 1 unspecified atom stereocenters. The van der Waals surface area contributed by atoms with Crippen LogP contribution in [0.2, 0.25) is 0 Å². The van der Waals surface area contributed by atoms with Gasteiger partial charge in [0.15, 0.2) is 0 Å². The van der Waals surface area contributed by atoms with Crippen molar-refractivity contribution < 1.29 is 9.47 Å². The number of pyridine rings is 1. The zero-order chi connectivity index (χ0) is 11.8. The Kier molecular flexibility index (Phi) is 5.82. The van der Waals surface area contributed by atoms with Crippen LogP contribution < -0.4 is 10.1 Å². The molecular weight excluding hydrogens is 204 g/mol. The number of methoxy groups -OCH3 is 1. The molecule has 0 bridgehead atoms. The van der Waals surface area contributed by atoms with Crippen LogP contribution in [-0.2, 0) is 4.74 Å². The third-order valence-corrected chi connectivity index (χ3v) is 2.40. The molecule has 0 amide bonds. The van der Waals surface area contributed by atoms with E-state index < -0.39 is 0 Å². The summed E-state index contributed by atoms with van der Waals surface area (Å²) in [6, 6.07) is 4.19. The first kappa shape index (κ1) is 12.9. The second-order valence-electron chi connectivity index (χ2n) is 3.62. The van der Waals surface area contributed by atoms with E-state index in [2.05, 4.69) is 17.2 Å². The minimum atomic E-state index is 0.266. The van der Waals surface area contributed by atoms with Crippen molar-refractivity contribution in [2.24, 2.45) is 0 Å². The van der Waals surface area contributed by atoms with Gasteiger partial charge in [0, 0.05) is 26.2 Å². The fraction of sp³-hybridized carbons (Fsp3) is 0.583. The standard InChI is InChI=1S/C12H20N2O2/c1-10(13-2)12-6-5-11(9-14-12)16-8-4-7-15-3/h5-6,9-10,13H,4,7-8H2,1-3H3. The second-order valence-corrected chi connectivity index (χ2v) is 3.62. The quantitative estimate of drug-likeness (QED) is 0.717. The lowest BCUT2D eigenvalue weighted by Gasteiger charge is -2.10. The Hall–Kier alpha value is -1.13. The van der Waals surface area contributed by atoms with Crippen molar-refractivity contribution in [1.29, 1.82) is 0 Å². The highest BCUT2D eigenvalue weighted by molar-refractivity contribution is 5.21. The number of nitrogens with zero attached hydrogens (tertiary/aromatic N) is 1. The van der Waals surface area contributed by atoms with Gasteiger partial charge in [-0.3, -0.25) is 4.98 Å². The van der Waals surface area contributed by atoms with Crippen molar-refractivity contribution in [2.75, 3.05) is 27.4 Å². The average molecular weight is 224 g/mol. The van der Waals surface area contributed by atoms with Crippen LogP contribution in [0.4, 0.5) is 0 Å². The normalized spacial score (nSPS) is 12.4. The second kappa shape index (κ2) is 7.19. The highest BCUT2D eigenvalue weighted by atomic mass is 16.5. The Morgan fingerprint density at radius 1 is 1.38 bits per heavy atom. The number of nitrogens with one attached hydrogen (secondary N) is 1. The molecule has 0 aliphatic heterocycles. The van der Waals surface area contributed by atoms with E-state index in [9.17, 15) is 0 Å². The highest BCUT2D eigenvalue weighted by Crippen LogP contribution is 2.13. The van der Waals surface area contributed by atoms with Gasteiger partial charge in [-0.05, 0) is 26.1 Å². The predicted molar refractivity (Wildman–Crippen MR) is 63.7 cm³/mol. The van der Waals surface area contributed by atoms with E-state index >= 15 is 0 Å². The lowest BCUT2D eigenvalue weighted by atomic mass is 10.2. The van der Waals surface area contributed by atoms with Crippen molar-refractivity contribution in [3.8, 4) is 5.75 Å². The third kappa shape index (κ3) is 4.16. The summed E-state index contributed by atoms with van der Waals surface area (Å²) in [6.07, 6.45) is 2.65. The number of hydrogen-bond donors (Lipinski definition) is 1. The lowest BCUT2D eigenvalue weighted by molar-refractivity contribution is 0.172. The number of ether oxygens (including phenoxy) is 2. The molecule has 0 saturated carbocycles. The molecule has 1 aromatic rings. The summed E-state index contributed by atoms with van der Waals surface area (Å²) < 4.78 is 10.5. The van der Waals surface area contributed by atoms with Crippen LogP contribution in [-0.4, -0.2) is 32.4 Å². The highest BCUT2D eigenvalue weighted by Gasteiger charge is 2.03. The van der Waals surface area contributed by atoms with E-state index in [1.54, 1.807) is 13.3 Å². The van der Waals surface area contributed by atoms with Gasteiger partial charge in [0.2, 0.25) is 0 Å². The van der Waals surface area contributed by atoms with E-state index in [4.69, 9.17) is 9.47 Å². The van der Waals surface area contributed by atoms with Gasteiger partial charge in [0.05, 0.1) is 18.5 Å². The van der Waals surface area contributed by atoms with Gasteiger partial charge in [0.1, 0.15) is 5.75 Å². The molecule has 1 rings (SSSR count). The zero-order valence-corrected chi connectivity index (χ0v) is 10.2. The smallest absolute Gasteiger partial charge is 0.137 e. The predicted octanol–water partition coefficient (Wildman–Crippen LogP) is 1.78. The molecule has 4 nitrogen and oxygen atoms in total. The Balaban J connectivity index is 2.39. The van der Waals surface area contributed by atoms with Crippen LogP contribution in [0.3, 0.4) is 0 Å². The Morgan fingerprint density at radius 3 is 2.75 bits per heavy atom. The van der Waals surface area contributed by atoms with Gasteiger partial charge in [-0.15, -0.1) is 0 Å². The van der Waals surface area contributed by atoms with Gasteiger partial charge in [-0.1, -0.05) is 0 Å². The van der Waals surface area contributed by atoms with Crippen molar-refractivity contribution >= 4 is 0 Å². The molecule has 4 heteroatoms. The summed E-state index contributed by atoms with van der Waals surface area (Å²) in [6.45, 7) is 3.46. The van der Waals surface area contributed by atoms with Gasteiger partial charge in [-0.25, -0.2) is 0 Å². The minimum absolute atomic E-state index is 0.266. The van der Waals surface area contributed by atoms with Crippen molar-refractivity contribution in [3.05, 3.63) is 24.0 Å². The molecule has 0 saturated heterocycles. The maximum atomic E-state index is 5.51. The molecule has 90 valence electrons.